The van der Waals surface area contributed by atoms with Gasteiger partial charge in [-0.05, 0) is 43.4 Å². The SMILES string of the molecule is O=C(C1CC1)N1CCN(C(=O)C2(c3ccc(Br)cc3)CCOCC2)CC1. The van der Waals surface area contributed by atoms with E-state index in [0.717, 1.165) is 22.9 Å². The van der Waals surface area contributed by atoms with Gasteiger partial charge in [0.2, 0.25) is 11.8 Å². The van der Waals surface area contributed by atoms with Crippen LogP contribution in [0.4, 0.5) is 0 Å². The number of amides is 2. The van der Waals surface area contributed by atoms with E-state index in [-0.39, 0.29) is 17.7 Å². The zero-order valence-electron chi connectivity index (χ0n) is 15.0. The smallest absolute Gasteiger partial charge is 0.233 e. The fraction of sp³-hybridized carbons (Fsp3) is 0.600. The van der Waals surface area contributed by atoms with Crippen LogP contribution in [-0.4, -0.2) is 61.0 Å². The minimum atomic E-state index is -0.498. The van der Waals surface area contributed by atoms with Crippen LogP contribution in [0.15, 0.2) is 28.7 Å². The van der Waals surface area contributed by atoms with Gasteiger partial charge in [0, 0.05) is 49.8 Å². The Morgan fingerprint density at radius 3 is 2.12 bits per heavy atom. The van der Waals surface area contributed by atoms with Gasteiger partial charge in [0.1, 0.15) is 0 Å². The maximum Gasteiger partial charge on any atom is 0.233 e. The molecule has 2 amide bonds. The molecular formula is C20H25BrN2O3. The molecule has 1 saturated carbocycles. The molecule has 0 aromatic heterocycles. The Morgan fingerprint density at radius 1 is 0.962 bits per heavy atom. The van der Waals surface area contributed by atoms with Crippen LogP contribution >= 0.6 is 15.9 Å². The predicted molar refractivity (Wildman–Crippen MR) is 102 cm³/mol. The third-order valence-corrected chi connectivity index (χ3v) is 6.49. The molecule has 5 nitrogen and oxygen atoms in total. The number of carbonyl (C=O) groups excluding carboxylic acids is 2. The van der Waals surface area contributed by atoms with Gasteiger partial charge in [-0.1, -0.05) is 28.1 Å². The maximum absolute atomic E-state index is 13.5. The number of rotatable bonds is 3. The van der Waals surface area contributed by atoms with Crippen molar-refractivity contribution in [2.45, 2.75) is 31.1 Å². The summed E-state index contributed by atoms with van der Waals surface area (Å²) in [7, 11) is 0. The van der Waals surface area contributed by atoms with E-state index in [1.165, 1.54) is 0 Å². The molecule has 0 bridgehead atoms. The molecule has 1 aromatic carbocycles. The Balaban J connectivity index is 1.50. The molecule has 26 heavy (non-hydrogen) atoms. The van der Waals surface area contributed by atoms with E-state index in [0.29, 0.717) is 52.2 Å². The molecule has 0 atom stereocenters. The molecule has 2 heterocycles. The van der Waals surface area contributed by atoms with Crippen molar-refractivity contribution in [1.29, 1.82) is 0 Å². The summed E-state index contributed by atoms with van der Waals surface area (Å²) < 4.78 is 6.57. The molecule has 0 unspecified atom stereocenters. The molecule has 2 aliphatic heterocycles. The van der Waals surface area contributed by atoms with Gasteiger partial charge in [0.05, 0.1) is 5.41 Å². The van der Waals surface area contributed by atoms with Crippen LogP contribution in [-0.2, 0) is 19.7 Å². The van der Waals surface area contributed by atoms with Crippen molar-refractivity contribution in [3.05, 3.63) is 34.3 Å². The summed E-state index contributed by atoms with van der Waals surface area (Å²) in [5.74, 6) is 0.731. The first-order valence-corrected chi connectivity index (χ1v) is 10.3. The Labute approximate surface area is 162 Å². The topological polar surface area (TPSA) is 49.9 Å². The maximum atomic E-state index is 13.5. The molecule has 0 spiro atoms. The van der Waals surface area contributed by atoms with E-state index in [4.69, 9.17) is 4.74 Å². The van der Waals surface area contributed by atoms with Crippen LogP contribution < -0.4 is 0 Å². The minimum Gasteiger partial charge on any atom is -0.381 e. The van der Waals surface area contributed by atoms with Crippen molar-refractivity contribution < 1.29 is 14.3 Å². The lowest BCUT2D eigenvalue weighted by Gasteiger charge is -2.43. The Hall–Kier alpha value is -1.40. The van der Waals surface area contributed by atoms with Gasteiger partial charge < -0.3 is 14.5 Å². The average Bonchev–Trinajstić information content (AvgIpc) is 3.53. The number of hydrogen-bond donors (Lipinski definition) is 0. The summed E-state index contributed by atoms with van der Waals surface area (Å²) in [6.07, 6.45) is 3.50. The van der Waals surface area contributed by atoms with E-state index in [2.05, 4.69) is 28.1 Å². The highest BCUT2D eigenvalue weighted by Gasteiger charge is 2.45. The number of ether oxygens (including phenoxy) is 1. The fourth-order valence-corrected chi connectivity index (χ4v) is 4.40. The molecule has 2 saturated heterocycles. The second-order valence-corrected chi connectivity index (χ2v) is 8.51. The van der Waals surface area contributed by atoms with Gasteiger partial charge in [0.15, 0.2) is 0 Å². The van der Waals surface area contributed by atoms with Gasteiger partial charge in [0.25, 0.3) is 0 Å². The van der Waals surface area contributed by atoms with Crippen molar-refractivity contribution in [2.24, 2.45) is 5.92 Å². The van der Waals surface area contributed by atoms with Crippen LogP contribution in [0.3, 0.4) is 0 Å². The fourth-order valence-electron chi connectivity index (χ4n) is 4.14. The zero-order valence-corrected chi connectivity index (χ0v) is 16.5. The van der Waals surface area contributed by atoms with Gasteiger partial charge in [-0.15, -0.1) is 0 Å². The Bertz CT molecular complexity index is 673. The van der Waals surface area contributed by atoms with E-state index < -0.39 is 5.41 Å². The summed E-state index contributed by atoms with van der Waals surface area (Å²) in [4.78, 5) is 29.7. The number of benzene rings is 1. The highest BCUT2D eigenvalue weighted by atomic mass is 79.9. The highest BCUT2D eigenvalue weighted by molar-refractivity contribution is 9.10. The number of halogens is 1. The van der Waals surface area contributed by atoms with Gasteiger partial charge in [-0.3, -0.25) is 9.59 Å². The summed E-state index contributed by atoms with van der Waals surface area (Å²) >= 11 is 3.48. The van der Waals surface area contributed by atoms with Gasteiger partial charge in [-0.25, -0.2) is 0 Å². The quantitative estimate of drug-likeness (QED) is 0.754. The monoisotopic (exact) mass is 420 g/mol. The van der Waals surface area contributed by atoms with Crippen LogP contribution in [0.2, 0.25) is 0 Å². The van der Waals surface area contributed by atoms with Crippen LogP contribution in [0.25, 0.3) is 0 Å². The Morgan fingerprint density at radius 2 is 1.54 bits per heavy atom. The molecule has 3 fully saturated rings. The first kappa shape index (κ1) is 18.0. The molecule has 1 aromatic rings. The Kier molecular flexibility index (Phi) is 5.06. The van der Waals surface area contributed by atoms with E-state index in [9.17, 15) is 9.59 Å². The first-order valence-electron chi connectivity index (χ1n) is 9.52. The lowest BCUT2D eigenvalue weighted by atomic mass is 9.73. The lowest BCUT2D eigenvalue weighted by Crippen LogP contribution is -2.57. The molecule has 3 aliphatic rings. The number of nitrogens with zero attached hydrogens (tertiary/aromatic N) is 2. The third kappa shape index (κ3) is 3.41. The van der Waals surface area contributed by atoms with E-state index in [1.54, 1.807) is 0 Å². The molecule has 1 aliphatic carbocycles. The van der Waals surface area contributed by atoms with Crippen molar-refractivity contribution in [1.82, 2.24) is 9.80 Å². The molecular weight excluding hydrogens is 396 g/mol. The van der Waals surface area contributed by atoms with E-state index >= 15 is 0 Å². The number of piperazine rings is 1. The van der Waals surface area contributed by atoms with Crippen LogP contribution in [0.5, 0.6) is 0 Å². The average molecular weight is 421 g/mol. The molecule has 0 radical (unpaired) electrons. The number of hydrogen-bond acceptors (Lipinski definition) is 3. The number of carbonyl (C=O) groups is 2. The van der Waals surface area contributed by atoms with Gasteiger partial charge >= 0.3 is 0 Å². The molecule has 140 valence electrons. The molecule has 6 heteroatoms. The standard InChI is InChI=1S/C20H25BrN2O3/c21-17-5-3-16(4-6-17)20(7-13-26-14-8-20)19(25)23-11-9-22(10-12-23)18(24)15-1-2-15/h3-6,15H,1-2,7-14H2. The third-order valence-electron chi connectivity index (χ3n) is 5.96. The van der Waals surface area contributed by atoms with Crippen LogP contribution in [0, 0.1) is 5.92 Å². The highest BCUT2D eigenvalue weighted by Crippen LogP contribution is 2.38. The molecule has 0 N–H and O–H groups in total. The van der Waals surface area contributed by atoms with Crippen molar-refractivity contribution in [3.8, 4) is 0 Å². The second-order valence-electron chi connectivity index (χ2n) is 7.59. The summed E-state index contributed by atoms with van der Waals surface area (Å²) in [5, 5.41) is 0. The largest absolute Gasteiger partial charge is 0.381 e. The minimum absolute atomic E-state index is 0.196. The summed E-state index contributed by atoms with van der Waals surface area (Å²) in [6.45, 7) is 3.82. The predicted octanol–water partition coefficient (Wildman–Crippen LogP) is 2.58. The summed E-state index contributed by atoms with van der Waals surface area (Å²) in [5.41, 5.74) is 0.576. The van der Waals surface area contributed by atoms with Crippen LogP contribution in [0.1, 0.15) is 31.2 Å². The second kappa shape index (κ2) is 7.31. The zero-order chi connectivity index (χ0) is 18.1. The lowest BCUT2D eigenvalue weighted by molar-refractivity contribution is -0.146. The first-order chi connectivity index (χ1) is 12.6. The van der Waals surface area contributed by atoms with Crippen molar-refractivity contribution >= 4 is 27.7 Å². The summed E-state index contributed by atoms with van der Waals surface area (Å²) in [6, 6.07) is 8.12. The van der Waals surface area contributed by atoms with Crippen molar-refractivity contribution in [2.75, 3.05) is 39.4 Å². The normalized spacial score (nSPS) is 23.0. The van der Waals surface area contributed by atoms with Crippen molar-refractivity contribution in [3.63, 3.8) is 0 Å². The van der Waals surface area contributed by atoms with Gasteiger partial charge in [-0.2, -0.15) is 0 Å². The molecule has 4 rings (SSSR count). The van der Waals surface area contributed by atoms with E-state index in [1.807, 2.05) is 21.9 Å².